The zero-order valence-electron chi connectivity index (χ0n) is 9.77. The Bertz CT molecular complexity index is 422. The summed E-state index contributed by atoms with van der Waals surface area (Å²) in [6, 6.07) is 5.59. The Labute approximate surface area is 100 Å². The number of hydrogen-bond donors (Lipinski definition) is 1. The molecule has 1 atom stereocenters. The normalized spacial score (nSPS) is 23.3. The largest absolute Gasteiger partial charge is 0.378 e. The lowest BCUT2D eigenvalue weighted by atomic mass is 10.0. The van der Waals surface area contributed by atoms with Crippen molar-refractivity contribution in [1.29, 1.82) is 5.26 Å². The van der Waals surface area contributed by atoms with E-state index in [2.05, 4.69) is 16.4 Å². The fourth-order valence-electron chi connectivity index (χ4n) is 1.84. The molecular weight excluding hydrogens is 218 g/mol. The van der Waals surface area contributed by atoms with Gasteiger partial charge in [-0.1, -0.05) is 0 Å². The molecule has 90 valence electrons. The standard InChI is InChI=1S/C12H15N3O2/c1-16-12(4-6-17-9-12)8-15-11-10(7-13)3-2-5-14-11/h2-3,5H,4,6,8-9H2,1H3,(H,14,15). The molecule has 1 fully saturated rings. The van der Waals surface area contributed by atoms with E-state index < -0.39 is 0 Å². The van der Waals surface area contributed by atoms with Crippen molar-refractivity contribution in [1.82, 2.24) is 4.98 Å². The molecule has 1 aromatic heterocycles. The van der Waals surface area contributed by atoms with Gasteiger partial charge in [0.1, 0.15) is 17.5 Å². The molecule has 1 unspecified atom stereocenters. The van der Waals surface area contributed by atoms with Gasteiger partial charge in [-0.3, -0.25) is 0 Å². The highest BCUT2D eigenvalue weighted by atomic mass is 16.5. The summed E-state index contributed by atoms with van der Waals surface area (Å²) in [7, 11) is 1.68. The molecule has 0 radical (unpaired) electrons. The maximum Gasteiger partial charge on any atom is 0.143 e. The lowest BCUT2D eigenvalue weighted by Gasteiger charge is -2.26. The molecule has 0 aliphatic carbocycles. The molecule has 5 heteroatoms. The third kappa shape index (κ3) is 2.54. The predicted molar refractivity (Wildman–Crippen MR) is 62.6 cm³/mol. The van der Waals surface area contributed by atoms with E-state index in [1.807, 2.05) is 0 Å². The molecule has 17 heavy (non-hydrogen) atoms. The Morgan fingerprint density at radius 3 is 3.24 bits per heavy atom. The molecule has 1 aliphatic heterocycles. The minimum Gasteiger partial charge on any atom is -0.378 e. The van der Waals surface area contributed by atoms with E-state index in [9.17, 15) is 0 Å². The predicted octanol–water partition coefficient (Wildman–Crippen LogP) is 1.17. The third-order valence-electron chi connectivity index (χ3n) is 3.01. The van der Waals surface area contributed by atoms with Crippen LogP contribution in [0.1, 0.15) is 12.0 Å². The Balaban J connectivity index is 2.04. The second-order valence-electron chi connectivity index (χ2n) is 4.05. The minimum absolute atomic E-state index is 0.301. The quantitative estimate of drug-likeness (QED) is 0.845. The Morgan fingerprint density at radius 1 is 1.71 bits per heavy atom. The molecule has 1 N–H and O–H groups in total. The van der Waals surface area contributed by atoms with E-state index in [4.69, 9.17) is 14.7 Å². The number of nitrogens with zero attached hydrogens (tertiary/aromatic N) is 2. The van der Waals surface area contributed by atoms with Crippen LogP contribution in [0.3, 0.4) is 0 Å². The molecule has 2 heterocycles. The van der Waals surface area contributed by atoms with E-state index in [1.54, 1.807) is 25.4 Å². The number of hydrogen-bond acceptors (Lipinski definition) is 5. The molecule has 0 aromatic carbocycles. The summed E-state index contributed by atoms with van der Waals surface area (Å²) in [6.07, 6.45) is 2.51. The number of anilines is 1. The average molecular weight is 233 g/mol. The van der Waals surface area contributed by atoms with Crippen LogP contribution in [0.2, 0.25) is 0 Å². The van der Waals surface area contributed by atoms with Crippen molar-refractivity contribution < 1.29 is 9.47 Å². The van der Waals surface area contributed by atoms with Gasteiger partial charge in [0.2, 0.25) is 0 Å². The Morgan fingerprint density at radius 2 is 2.59 bits per heavy atom. The summed E-state index contributed by atoms with van der Waals surface area (Å²) in [5.74, 6) is 0.596. The lowest BCUT2D eigenvalue weighted by Crippen LogP contribution is -2.39. The van der Waals surface area contributed by atoms with Crippen molar-refractivity contribution in [2.45, 2.75) is 12.0 Å². The summed E-state index contributed by atoms with van der Waals surface area (Å²) >= 11 is 0. The van der Waals surface area contributed by atoms with Gasteiger partial charge in [-0.15, -0.1) is 0 Å². The minimum atomic E-state index is -0.301. The van der Waals surface area contributed by atoms with Crippen molar-refractivity contribution in [2.75, 3.05) is 32.2 Å². The van der Waals surface area contributed by atoms with Crippen LogP contribution >= 0.6 is 0 Å². The Kier molecular flexibility index (Phi) is 3.57. The van der Waals surface area contributed by atoms with Crippen LogP contribution in [-0.4, -0.2) is 37.5 Å². The fraction of sp³-hybridized carbons (Fsp3) is 0.500. The zero-order chi connectivity index (χ0) is 12.1. The molecule has 5 nitrogen and oxygen atoms in total. The van der Waals surface area contributed by atoms with Crippen LogP contribution in [0.25, 0.3) is 0 Å². The first-order valence-electron chi connectivity index (χ1n) is 5.51. The smallest absolute Gasteiger partial charge is 0.143 e. The molecule has 0 bridgehead atoms. The molecule has 1 aliphatic rings. The van der Waals surface area contributed by atoms with E-state index in [0.717, 1.165) is 6.42 Å². The second-order valence-corrected chi connectivity index (χ2v) is 4.05. The number of ether oxygens (including phenoxy) is 2. The summed E-state index contributed by atoms with van der Waals surface area (Å²) in [5.41, 5.74) is 0.238. The molecule has 2 rings (SSSR count). The first-order valence-corrected chi connectivity index (χ1v) is 5.51. The van der Waals surface area contributed by atoms with E-state index in [0.29, 0.717) is 31.1 Å². The number of methoxy groups -OCH3 is 1. The fourth-order valence-corrected chi connectivity index (χ4v) is 1.84. The van der Waals surface area contributed by atoms with Crippen molar-refractivity contribution in [2.24, 2.45) is 0 Å². The number of aromatic nitrogens is 1. The zero-order valence-corrected chi connectivity index (χ0v) is 9.77. The van der Waals surface area contributed by atoms with E-state index >= 15 is 0 Å². The van der Waals surface area contributed by atoms with Gasteiger partial charge in [0.15, 0.2) is 0 Å². The monoisotopic (exact) mass is 233 g/mol. The van der Waals surface area contributed by atoms with Crippen molar-refractivity contribution in [3.63, 3.8) is 0 Å². The molecule has 0 amide bonds. The third-order valence-corrected chi connectivity index (χ3v) is 3.01. The first kappa shape index (κ1) is 11.8. The summed E-state index contributed by atoms with van der Waals surface area (Å²) in [5, 5.41) is 12.1. The highest BCUT2D eigenvalue weighted by molar-refractivity contribution is 5.51. The number of nitrogens with one attached hydrogen (secondary N) is 1. The topological polar surface area (TPSA) is 67.2 Å². The second kappa shape index (κ2) is 5.13. The van der Waals surface area contributed by atoms with Crippen molar-refractivity contribution >= 4 is 5.82 Å². The lowest BCUT2D eigenvalue weighted by molar-refractivity contribution is -0.00625. The highest BCUT2D eigenvalue weighted by Crippen LogP contribution is 2.23. The van der Waals surface area contributed by atoms with Gasteiger partial charge in [-0.2, -0.15) is 5.26 Å². The summed E-state index contributed by atoms with van der Waals surface area (Å²) in [4.78, 5) is 4.15. The molecule has 1 saturated heterocycles. The number of rotatable bonds is 4. The van der Waals surface area contributed by atoms with Gasteiger partial charge in [0, 0.05) is 32.9 Å². The van der Waals surface area contributed by atoms with Crippen LogP contribution in [0.5, 0.6) is 0 Å². The van der Waals surface area contributed by atoms with Gasteiger partial charge in [0.05, 0.1) is 12.2 Å². The van der Waals surface area contributed by atoms with Crippen LogP contribution in [0, 0.1) is 11.3 Å². The average Bonchev–Trinajstić information content (AvgIpc) is 2.86. The van der Waals surface area contributed by atoms with Gasteiger partial charge in [0.25, 0.3) is 0 Å². The SMILES string of the molecule is COC1(CNc2ncccc2C#N)CCOC1. The van der Waals surface area contributed by atoms with Crippen LogP contribution < -0.4 is 5.32 Å². The highest BCUT2D eigenvalue weighted by Gasteiger charge is 2.34. The molecular formula is C12H15N3O2. The Hall–Kier alpha value is -1.64. The van der Waals surface area contributed by atoms with E-state index in [1.165, 1.54) is 0 Å². The van der Waals surface area contributed by atoms with Gasteiger partial charge >= 0.3 is 0 Å². The van der Waals surface area contributed by atoms with Crippen LogP contribution in [-0.2, 0) is 9.47 Å². The first-order chi connectivity index (χ1) is 8.29. The number of nitriles is 1. The molecule has 0 saturated carbocycles. The van der Waals surface area contributed by atoms with Crippen molar-refractivity contribution in [3.05, 3.63) is 23.9 Å². The summed E-state index contributed by atoms with van der Waals surface area (Å²) < 4.78 is 10.8. The molecule has 1 aromatic rings. The number of pyridine rings is 1. The van der Waals surface area contributed by atoms with Gasteiger partial charge in [-0.25, -0.2) is 4.98 Å². The van der Waals surface area contributed by atoms with Crippen molar-refractivity contribution in [3.8, 4) is 6.07 Å². The van der Waals surface area contributed by atoms with Crippen LogP contribution in [0.4, 0.5) is 5.82 Å². The van der Waals surface area contributed by atoms with Gasteiger partial charge in [-0.05, 0) is 12.1 Å². The van der Waals surface area contributed by atoms with Gasteiger partial charge < -0.3 is 14.8 Å². The van der Waals surface area contributed by atoms with Crippen LogP contribution in [0.15, 0.2) is 18.3 Å². The maximum absolute atomic E-state index is 8.95. The molecule has 0 spiro atoms. The van der Waals surface area contributed by atoms with E-state index in [-0.39, 0.29) is 5.60 Å². The summed E-state index contributed by atoms with van der Waals surface area (Å²) in [6.45, 7) is 1.88. The maximum atomic E-state index is 8.95.